The maximum atomic E-state index is 6.30. The van der Waals surface area contributed by atoms with Gasteiger partial charge in [-0.2, -0.15) is 0 Å². The first kappa shape index (κ1) is 21.8. The van der Waals surface area contributed by atoms with E-state index in [4.69, 9.17) is 21.1 Å². The summed E-state index contributed by atoms with van der Waals surface area (Å²) in [6.45, 7) is 10.1. The Morgan fingerprint density at radius 3 is 2.57 bits per heavy atom. The van der Waals surface area contributed by atoms with Gasteiger partial charge in [0.25, 0.3) is 0 Å². The fraction of sp³-hybridized carbons (Fsp3) is 0.682. The second kappa shape index (κ2) is 10.8. The first-order valence-corrected chi connectivity index (χ1v) is 11.5. The highest BCUT2D eigenvalue weighted by Gasteiger charge is 2.31. The van der Waals surface area contributed by atoms with Crippen molar-refractivity contribution in [3.05, 3.63) is 34.9 Å². The van der Waals surface area contributed by atoms with Gasteiger partial charge in [0.15, 0.2) is 5.96 Å². The van der Waals surface area contributed by atoms with Gasteiger partial charge in [-0.25, -0.2) is 0 Å². The lowest BCUT2D eigenvalue weighted by Gasteiger charge is -2.36. The number of hydrogen-bond acceptors (Lipinski definition) is 5. The molecule has 7 nitrogen and oxygen atoms in total. The van der Waals surface area contributed by atoms with Gasteiger partial charge in [-0.05, 0) is 24.1 Å². The van der Waals surface area contributed by atoms with Crippen molar-refractivity contribution < 1.29 is 9.47 Å². The number of halogens is 1. The molecule has 4 rings (SSSR count). The molecule has 3 heterocycles. The molecule has 0 amide bonds. The zero-order valence-corrected chi connectivity index (χ0v) is 18.7. The van der Waals surface area contributed by atoms with E-state index in [9.17, 15) is 0 Å². The first-order valence-electron chi connectivity index (χ1n) is 11.1. The van der Waals surface area contributed by atoms with E-state index in [1.165, 1.54) is 12.0 Å². The summed E-state index contributed by atoms with van der Waals surface area (Å²) in [6, 6.07) is 9.05. The molecule has 0 spiro atoms. The topological polar surface area (TPSA) is 52.6 Å². The van der Waals surface area contributed by atoms with Gasteiger partial charge < -0.3 is 19.7 Å². The third-order valence-corrected chi connectivity index (χ3v) is 6.65. The van der Waals surface area contributed by atoms with Gasteiger partial charge in [0.1, 0.15) is 0 Å². The van der Waals surface area contributed by atoms with E-state index in [0.29, 0.717) is 6.04 Å². The third kappa shape index (κ3) is 5.45. The Morgan fingerprint density at radius 1 is 1.13 bits per heavy atom. The van der Waals surface area contributed by atoms with E-state index < -0.39 is 0 Å². The fourth-order valence-corrected chi connectivity index (χ4v) is 4.95. The Bertz CT molecular complexity index is 707. The predicted octanol–water partition coefficient (Wildman–Crippen LogP) is 1.70. The average molecular weight is 436 g/mol. The maximum absolute atomic E-state index is 6.30. The molecule has 0 radical (unpaired) electrons. The van der Waals surface area contributed by atoms with Crippen LogP contribution >= 0.6 is 11.6 Å². The molecule has 3 saturated heterocycles. The summed E-state index contributed by atoms with van der Waals surface area (Å²) < 4.78 is 11.1. The SMILES string of the molecule is CN=C(NCC(c1cccc(Cl)c1)N1CCOCC1)N1CCC(N2CCOCC2)C1. The molecule has 2 atom stereocenters. The van der Waals surface area contributed by atoms with Gasteiger partial charge in [0, 0.05) is 63.9 Å². The van der Waals surface area contributed by atoms with Crippen molar-refractivity contribution in [3.8, 4) is 0 Å². The van der Waals surface area contributed by atoms with Gasteiger partial charge in [-0.1, -0.05) is 23.7 Å². The smallest absolute Gasteiger partial charge is 0.193 e. The van der Waals surface area contributed by atoms with E-state index in [0.717, 1.165) is 83.2 Å². The predicted molar refractivity (Wildman–Crippen MR) is 120 cm³/mol. The molecule has 8 heteroatoms. The first-order chi connectivity index (χ1) is 14.7. The van der Waals surface area contributed by atoms with Crippen LogP contribution in [0.25, 0.3) is 0 Å². The van der Waals surface area contributed by atoms with Crippen molar-refractivity contribution in [1.82, 2.24) is 20.0 Å². The highest BCUT2D eigenvalue weighted by Crippen LogP contribution is 2.24. The largest absolute Gasteiger partial charge is 0.379 e. The van der Waals surface area contributed by atoms with Crippen molar-refractivity contribution in [2.75, 3.05) is 79.3 Å². The number of morpholine rings is 2. The van der Waals surface area contributed by atoms with Crippen LogP contribution in [0, 0.1) is 0 Å². The lowest BCUT2D eigenvalue weighted by molar-refractivity contribution is 0.0167. The van der Waals surface area contributed by atoms with Crippen LogP contribution in [0.5, 0.6) is 0 Å². The highest BCUT2D eigenvalue weighted by atomic mass is 35.5. The number of guanidine groups is 1. The summed E-state index contributed by atoms with van der Waals surface area (Å²) in [7, 11) is 1.88. The number of nitrogens with zero attached hydrogens (tertiary/aromatic N) is 4. The number of ether oxygens (including phenoxy) is 2. The van der Waals surface area contributed by atoms with Gasteiger partial charge in [-0.3, -0.25) is 14.8 Å². The van der Waals surface area contributed by atoms with Gasteiger partial charge in [-0.15, -0.1) is 0 Å². The van der Waals surface area contributed by atoms with Crippen LogP contribution in [0.4, 0.5) is 0 Å². The van der Waals surface area contributed by atoms with Crippen LogP contribution < -0.4 is 5.32 Å². The van der Waals surface area contributed by atoms with Crippen molar-refractivity contribution in [2.45, 2.75) is 18.5 Å². The highest BCUT2D eigenvalue weighted by molar-refractivity contribution is 6.30. The number of benzene rings is 1. The third-order valence-electron chi connectivity index (χ3n) is 6.41. The normalized spacial score (nSPS) is 25.5. The Morgan fingerprint density at radius 2 is 1.87 bits per heavy atom. The van der Waals surface area contributed by atoms with Crippen LogP contribution in [-0.2, 0) is 9.47 Å². The zero-order chi connectivity index (χ0) is 20.8. The summed E-state index contributed by atoms with van der Waals surface area (Å²) in [5.74, 6) is 0.992. The van der Waals surface area contributed by atoms with Crippen molar-refractivity contribution in [2.24, 2.45) is 4.99 Å². The summed E-state index contributed by atoms with van der Waals surface area (Å²) in [6.07, 6.45) is 1.18. The van der Waals surface area contributed by atoms with Crippen LogP contribution in [0.1, 0.15) is 18.0 Å². The quantitative estimate of drug-likeness (QED) is 0.561. The molecule has 0 aliphatic carbocycles. The minimum atomic E-state index is 0.238. The van der Waals surface area contributed by atoms with Crippen LogP contribution in [0.3, 0.4) is 0 Å². The lowest BCUT2D eigenvalue weighted by Crippen LogP contribution is -2.48. The molecule has 166 valence electrons. The Kier molecular flexibility index (Phi) is 7.84. The van der Waals surface area contributed by atoms with Crippen molar-refractivity contribution >= 4 is 17.6 Å². The number of nitrogens with one attached hydrogen (secondary N) is 1. The molecular formula is C22H34ClN5O2. The fourth-order valence-electron chi connectivity index (χ4n) is 4.76. The Labute approximate surface area is 185 Å². The van der Waals surface area contributed by atoms with Gasteiger partial charge in [0.2, 0.25) is 0 Å². The molecule has 1 aromatic carbocycles. The number of hydrogen-bond donors (Lipinski definition) is 1. The summed E-state index contributed by atoms with van der Waals surface area (Å²) in [5.41, 5.74) is 1.24. The zero-order valence-electron chi connectivity index (χ0n) is 17.9. The molecule has 0 saturated carbocycles. The summed E-state index contributed by atoms with van der Waals surface area (Å²) in [5, 5.41) is 4.44. The second-order valence-corrected chi connectivity index (χ2v) is 8.62. The minimum absolute atomic E-state index is 0.238. The molecule has 0 aromatic heterocycles. The Balaban J connectivity index is 1.39. The van der Waals surface area contributed by atoms with E-state index in [1.54, 1.807) is 0 Å². The lowest BCUT2D eigenvalue weighted by atomic mass is 10.0. The second-order valence-electron chi connectivity index (χ2n) is 8.18. The average Bonchev–Trinajstić information content (AvgIpc) is 3.28. The summed E-state index contributed by atoms with van der Waals surface area (Å²) in [4.78, 5) is 12.0. The summed E-state index contributed by atoms with van der Waals surface area (Å²) >= 11 is 6.30. The van der Waals surface area contributed by atoms with E-state index >= 15 is 0 Å². The molecule has 2 unspecified atom stereocenters. The van der Waals surface area contributed by atoms with E-state index in [-0.39, 0.29) is 6.04 Å². The standard InChI is InChI=1S/C22H34ClN5O2/c1-24-22(28-6-5-20(17-28)26-7-11-29-12-8-26)25-16-21(27-9-13-30-14-10-27)18-3-2-4-19(23)15-18/h2-4,15,20-21H,5-14,16-17H2,1H3,(H,24,25). The molecule has 1 aromatic rings. The van der Waals surface area contributed by atoms with Crippen LogP contribution in [0.15, 0.2) is 29.3 Å². The molecule has 30 heavy (non-hydrogen) atoms. The van der Waals surface area contributed by atoms with Crippen LogP contribution in [0.2, 0.25) is 5.02 Å². The maximum Gasteiger partial charge on any atom is 0.193 e. The number of aliphatic imine (C=N–C) groups is 1. The molecule has 3 aliphatic rings. The monoisotopic (exact) mass is 435 g/mol. The molecule has 1 N–H and O–H groups in total. The van der Waals surface area contributed by atoms with E-state index in [2.05, 4.69) is 37.1 Å². The van der Waals surface area contributed by atoms with E-state index in [1.807, 2.05) is 19.2 Å². The molecule has 3 aliphatic heterocycles. The van der Waals surface area contributed by atoms with Crippen molar-refractivity contribution in [1.29, 1.82) is 0 Å². The van der Waals surface area contributed by atoms with Crippen LogP contribution in [-0.4, -0.2) is 106 Å². The Hall–Kier alpha value is -1.38. The minimum Gasteiger partial charge on any atom is -0.379 e. The van der Waals surface area contributed by atoms with Gasteiger partial charge >= 0.3 is 0 Å². The molecule has 3 fully saturated rings. The molecule has 0 bridgehead atoms. The van der Waals surface area contributed by atoms with Gasteiger partial charge in [0.05, 0.1) is 32.5 Å². The number of rotatable bonds is 5. The molecular weight excluding hydrogens is 402 g/mol. The van der Waals surface area contributed by atoms with Crippen molar-refractivity contribution in [3.63, 3.8) is 0 Å². The number of likely N-dealkylation sites (tertiary alicyclic amines) is 1.